The number of carbonyl (C=O) groups excluding carboxylic acids is 1. The van der Waals surface area contributed by atoms with E-state index in [-0.39, 0.29) is 17.8 Å². The number of aromatic nitrogens is 3. The third kappa shape index (κ3) is 4.78. The molecular weight excluding hydrogens is 373 g/mol. The fourth-order valence-corrected chi connectivity index (χ4v) is 3.11. The number of ether oxygens (including phenoxy) is 2. The number of hydrogen-bond acceptors (Lipinski definition) is 6. The Bertz CT molecular complexity index is 724. The molecule has 0 aliphatic carbocycles. The molecule has 0 aliphatic rings. The summed E-state index contributed by atoms with van der Waals surface area (Å²) < 4.78 is 12.5. The lowest BCUT2D eigenvalue weighted by Crippen LogP contribution is -2.11. The lowest BCUT2D eigenvalue weighted by atomic mass is 10.3. The van der Waals surface area contributed by atoms with Gasteiger partial charge in [0.25, 0.3) is 0 Å². The van der Waals surface area contributed by atoms with Crippen molar-refractivity contribution in [1.29, 1.82) is 0 Å². The van der Waals surface area contributed by atoms with E-state index < -0.39 is 0 Å². The van der Waals surface area contributed by atoms with Gasteiger partial charge in [-0.15, -0.1) is 10.2 Å². The number of carbonyl (C=O) groups is 1. The van der Waals surface area contributed by atoms with Crippen LogP contribution in [0.5, 0.6) is 5.75 Å². The Balaban J connectivity index is 2.05. The second-order valence-corrected chi connectivity index (χ2v) is 6.61. The Hall–Kier alpha value is -1.44. The maximum Gasteiger partial charge on any atom is 0.316 e. The number of hydrogen-bond donors (Lipinski definition) is 0. The average molecular weight is 390 g/mol. The molecule has 0 saturated heterocycles. The van der Waals surface area contributed by atoms with Crippen molar-refractivity contribution in [2.75, 3.05) is 12.4 Å². The van der Waals surface area contributed by atoms with Crippen LogP contribution in [0.4, 0.5) is 0 Å². The molecule has 2 aromatic rings. The fraction of sp³-hybridized carbons (Fsp3) is 0.400. The van der Waals surface area contributed by atoms with E-state index in [4.69, 9.17) is 32.7 Å². The minimum Gasteiger partial charge on any atom is -0.481 e. The minimum atomic E-state index is -0.377. The Morgan fingerprint density at radius 3 is 2.79 bits per heavy atom. The molecule has 0 N–H and O–H groups in total. The maximum absolute atomic E-state index is 11.4. The molecule has 9 heteroatoms. The zero-order valence-electron chi connectivity index (χ0n) is 13.5. The summed E-state index contributed by atoms with van der Waals surface area (Å²) >= 11 is 13.2. The van der Waals surface area contributed by atoms with Crippen LogP contribution < -0.4 is 4.74 Å². The van der Waals surface area contributed by atoms with Crippen LogP contribution in [0.1, 0.15) is 25.8 Å². The van der Waals surface area contributed by atoms with E-state index >= 15 is 0 Å². The van der Waals surface area contributed by atoms with Crippen LogP contribution in [-0.4, -0.2) is 33.1 Å². The number of thioether (sulfide) groups is 1. The lowest BCUT2D eigenvalue weighted by Gasteiger charge is -2.15. The molecule has 0 saturated carbocycles. The summed E-state index contributed by atoms with van der Waals surface area (Å²) in [5, 5.41) is 9.78. The highest BCUT2D eigenvalue weighted by Crippen LogP contribution is 2.31. The normalized spacial score (nSPS) is 12.0. The largest absolute Gasteiger partial charge is 0.481 e. The number of rotatable bonds is 7. The highest BCUT2D eigenvalue weighted by molar-refractivity contribution is 7.99. The van der Waals surface area contributed by atoms with Crippen LogP contribution in [0.25, 0.3) is 0 Å². The first-order chi connectivity index (χ1) is 11.4. The predicted molar refractivity (Wildman–Crippen MR) is 93.9 cm³/mol. The Kier molecular flexibility index (Phi) is 6.77. The van der Waals surface area contributed by atoms with Crippen molar-refractivity contribution in [1.82, 2.24) is 14.8 Å². The van der Waals surface area contributed by atoms with Crippen molar-refractivity contribution in [2.45, 2.75) is 25.1 Å². The highest BCUT2D eigenvalue weighted by Gasteiger charge is 2.19. The average Bonchev–Trinajstić information content (AvgIpc) is 2.89. The van der Waals surface area contributed by atoms with Gasteiger partial charge >= 0.3 is 5.97 Å². The van der Waals surface area contributed by atoms with Crippen LogP contribution in [0.3, 0.4) is 0 Å². The predicted octanol–water partition coefficient (Wildman–Crippen LogP) is 3.92. The molecule has 0 aliphatic heterocycles. The first-order valence-corrected chi connectivity index (χ1v) is 8.96. The van der Waals surface area contributed by atoms with Gasteiger partial charge in [0.1, 0.15) is 5.75 Å². The first-order valence-electron chi connectivity index (χ1n) is 7.21. The Labute approximate surface area is 154 Å². The third-order valence-electron chi connectivity index (χ3n) is 3.05. The first kappa shape index (κ1) is 18.9. The standard InChI is InChI=1S/C15H17Cl2N3O3S/c1-4-22-13(21)8-24-15-19-18-14(20(15)3)9(2)23-12-6-5-10(16)7-11(12)17/h5-7,9H,4,8H2,1-3H3. The summed E-state index contributed by atoms with van der Waals surface area (Å²) in [6, 6.07) is 5.02. The fourth-order valence-electron chi connectivity index (χ4n) is 1.95. The maximum atomic E-state index is 11.4. The minimum absolute atomic E-state index is 0.179. The third-order valence-corrected chi connectivity index (χ3v) is 4.58. The second kappa shape index (κ2) is 8.60. The van der Waals surface area contributed by atoms with Crippen molar-refractivity contribution in [3.8, 4) is 5.75 Å². The highest BCUT2D eigenvalue weighted by atomic mass is 35.5. The van der Waals surface area contributed by atoms with Gasteiger partial charge in [0.15, 0.2) is 17.1 Å². The van der Waals surface area contributed by atoms with Crippen LogP contribution in [-0.2, 0) is 16.6 Å². The van der Waals surface area contributed by atoms with E-state index in [0.717, 1.165) is 0 Å². The van der Waals surface area contributed by atoms with E-state index in [1.54, 1.807) is 29.7 Å². The second-order valence-electron chi connectivity index (χ2n) is 4.83. The van der Waals surface area contributed by atoms with Gasteiger partial charge in [0.05, 0.1) is 17.4 Å². The molecule has 1 atom stereocenters. The molecule has 1 unspecified atom stereocenters. The van der Waals surface area contributed by atoms with Crippen LogP contribution in [0.2, 0.25) is 10.0 Å². The van der Waals surface area contributed by atoms with Gasteiger partial charge < -0.3 is 14.0 Å². The van der Waals surface area contributed by atoms with Crippen molar-refractivity contribution in [2.24, 2.45) is 7.05 Å². The summed E-state index contributed by atoms with van der Waals surface area (Å²) in [4.78, 5) is 11.4. The smallest absolute Gasteiger partial charge is 0.316 e. The van der Waals surface area contributed by atoms with E-state index in [1.807, 2.05) is 14.0 Å². The van der Waals surface area contributed by atoms with E-state index in [9.17, 15) is 4.79 Å². The quantitative estimate of drug-likeness (QED) is 0.528. The molecule has 1 aromatic heterocycles. The molecule has 1 heterocycles. The van der Waals surface area contributed by atoms with Crippen molar-refractivity contribution >= 4 is 40.9 Å². The number of esters is 1. The summed E-state index contributed by atoms with van der Waals surface area (Å²) in [5.74, 6) is 1.02. The van der Waals surface area contributed by atoms with Gasteiger partial charge in [-0.3, -0.25) is 4.79 Å². The number of halogens is 2. The summed E-state index contributed by atoms with van der Waals surface area (Å²) in [6.45, 7) is 3.97. The molecule has 6 nitrogen and oxygen atoms in total. The van der Waals surface area contributed by atoms with Gasteiger partial charge in [-0.25, -0.2) is 0 Å². The monoisotopic (exact) mass is 389 g/mol. The topological polar surface area (TPSA) is 66.2 Å². The Morgan fingerprint density at radius 2 is 2.12 bits per heavy atom. The van der Waals surface area contributed by atoms with Crippen molar-refractivity contribution in [3.05, 3.63) is 34.1 Å². The summed E-state index contributed by atoms with van der Waals surface area (Å²) in [6.07, 6.45) is -0.377. The molecule has 2 rings (SSSR count). The molecule has 130 valence electrons. The van der Waals surface area contributed by atoms with Gasteiger partial charge in [-0.05, 0) is 32.0 Å². The van der Waals surface area contributed by atoms with E-state index in [2.05, 4.69) is 10.2 Å². The molecule has 1 aromatic carbocycles. The lowest BCUT2D eigenvalue weighted by molar-refractivity contribution is -0.139. The summed E-state index contributed by atoms with van der Waals surface area (Å²) in [7, 11) is 1.81. The number of nitrogens with zero attached hydrogens (tertiary/aromatic N) is 3. The molecule has 0 amide bonds. The Morgan fingerprint density at radius 1 is 1.38 bits per heavy atom. The molecule has 0 bridgehead atoms. The van der Waals surface area contributed by atoms with E-state index in [1.165, 1.54) is 11.8 Å². The zero-order chi connectivity index (χ0) is 17.7. The number of benzene rings is 1. The summed E-state index contributed by atoms with van der Waals surface area (Å²) in [5.41, 5.74) is 0. The molecule has 0 spiro atoms. The van der Waals surface area contributed by atoms with Crippen LogP contribution >= 0.6 is 35.0 Å². The van der Waals surface area contributed by atoms with Crippen LogP contribution in [0, 0.1) is 0 Å². The molecule has 0 fully saturated rings. The van der Waals surface area contributed by atoms with Gasteiger partial charge in [-0.1, -0.05) is 35.0 Å². The zero-order valence-corrected chi connectivity index (χ0v) is 15.8. The molecule has 0 radical (unpaired) electrons. The van der Waals surface area contributed by atoms with Gasteiger partial charge in [-0.2, -0.15) is 0 Å². The van der Waals surface area contributed by atoms with Crippen molar-refractivity contribution in [3.63, 3.8) is 0 Å². The van der Waals surface area contributed by atoms with Crippen molar-refractivity contribution < 1.29 is 14.3 Å². The SMILES string of the molecule is CCOC(=O)CSc1nnc(C(C)Oc2ccc(Cl)cc2Cl)n1C. The van der Waals surface area contributed by atoms with Gasteiger partial charge in [0, 0.05) is 12.1 Å². The molecular formula is C15H17Cl2N3O3S. The van der Waals surface area contributed by atoms with E-state index in [0.29, 0.717) is 33.4 Å². The molecule has 24 heavy (non-hydrogen) atoms. The van der Waals surface area contributed by atoms with Gasteiger partial charge in [0.2, 0.25) is 0 Å². The van der Waals surface area contributed by atoms with Crippen LogP contribution in [0.15, 0.2) is 23.4 Å².